The molecule has 150 valence electrons. The molecule has 30 heavy (non-hydrogen) atoms. The maximum atomic E-state index is 11.2. The van der Waals surface area contributed by atoms with Crippen molar-refractivity contribution in [2.45, 2.75) is 39.0 Å². The highest BCUT2D eigenvalue weighted by atomic mass is 16.5. The van der Waals surface area contributed by atoms with E-state index in [9.17, 15) is 4.79 Å². The Balaban J connectivity index is 0.000000149. The van der Waals surface area contributed by atoms with Crippen molar-refractivity contribution in [1.82, 2.24) is 0 Å². The minimum Gasteiger partial charge on any atom is -0.493 e. The number of fused-ring (bicyclic) bond motifs is 5. The number of carbonyl (C=O) groups is 1. The van der Waals surface area contributed by atoms with Crippen LogP contribution in [0.4, 0.5) is 0 Å². The third-order valence-corrected chi connectivity index (χ3v) is 6.28. The fourth-order valence-electron chi connectivity index (χ4n) is 4.79. The van der Waals surface area contributed by atoms with Gasteiger partial charge in [0.25, 0.3) is 0 Å². The van der Waals surface area contributed by atoms with Crippen molar-refractivity contribution < 1.29 is 9.53 Å². The first-order valence-corrected chi connectivity index (χ1v) is 10.9. The highest BCUT2D eigenvalue weighted by Crippen LogP contribution is 2.39. The molecule has 2 aromatic carbocycles. The molecule has 0 fully saturated rings. The third kappa shape index (κ3) is 3.47. The first kappa shape index (κ1) is 18.9. The molecule has 2 aromatic rings. The molecule has 0 saturated heterocycles. The van der Waals surface area contributed by atoms with E-state index in [1.165, 1.54) is 53.2 Å². The van der Waals surface area contributed by atoms with Gasteiger partial charge in [-0.3, -0.25) is 4.79 Å². The number of hydrogen-bond acceptors (Lipinski definition) is 2. The van der Waals surface area contributed by atoms with Gasteiger partial charge in [-0.2, -0.15) is 0 Å². The predicted octanol–water partition coefficient (Wildman–Crippen LogP) is 6.55. The largest absolute Gasteiger partial charge is 0.493 e. The number of benzene rings is 2. The Labute approximate surface area is 177 Å². The normalized spacial score (nSPS) is 19.0. The maximum absolute atomic E-state index is 11.2. The maximum Gasteiger partial charge on any atom is 0.189 e. The summed E-state index contributed by atoms with van der Waals surface area (Å²) in [5.41, 5.74) is 8.28. The van der Waals surface area contributed by atoms with Crippen LogP contribution in [-0.2, 0) is 16.0 Å². The van der Waals surface area contributed by atoms with E-state index in [1.807, 2.05) is 12.2 Å². The molecule has 3 aliphatic carbocycles. The van der Waals surface area contributed by atoms with Crippen LogP contribution in [-0.4, -0.2) is 12.4 Å². The van der Waals surface area contributed by atoms with Crippen LogP contribution in [0.5, 0.6) is 0 Å². The Hall–Kier alpha value is -3.13. The van der Waals surface area contributed by atoms with E-state index in [-0.39, 0.29) is 5.78 Å². The molecule has 0 bridgehead atoms. The number of ketones is 1. The summed E-state index contributed by atoms with van der Waals surface area (Å²) in [5, 5.41) is 2.84. The minimum absolute atomic E-state index is 0.0576. The second kappa shape index (κ2) is 7.95. The zero-order chi connectivity index (χ0) is 20.5. The fraction of sp³-hybridized carbons (Fsp3) is 0.250. The van der Waals surface area contributed by atoms with Crippen molar-refractivity contribution in [2.75, 3.05) is 6.61 Å². The lowest BCUT2D eigenvalue weighted by molar-refractivity contribution is -0.111. The molecule has 2 nitrogen and oxygen atoms in total. The van der Waals surface area contributed by atoms with Crippen LogP contribution in [0.2, 0.25) is 0 Å². The average Bonchev–Trinajstić information content (AvgIpc) is 2.79. The second-order valence-corrected chi connectivity index (χ2v) is 8.28. The Bertz CT molecular complexity index is 1180. The molecule has 1 aliphatic heterocycles. The monoisotopic (exact) mass is 394 g/mol. The van der Waals surface area contributed by atoms with Gasteiger partial charge in [-0.1, -0.05) is 65.8 Å². The predicted molar refractivity (Wildman–Crippen MR) is 123 cm³/mol. The van der Waals surface area contributed by atoms with Crippen LogP contribution in [0.1, 0.15) is 42.4 Å². The molecule has 1 heterocycles. The van der Waals surface area contributed by atoms with E-state index < -0.39 is 0 Å². The number of hydrogen-bond donors (Lipinski definition) is 0. The van der Waals surface area contributed by atoms with E-state index in [0.29, 0.717) is 6.61 Å². The lowest BCUT2D eigenvalue weighted by atomic mass is 9.79. The van der Waals surface area contributed by atoms with Crippen LogP contribution < -0.4 is 0 Å². The highest BCUT2D eigenvalue weighted by molar-refractivity contribution is 6.08. The number of carbonyl (C=O) groups excluding carboxylic acids is 1. The Morgan fingerprint density at radius 2 is 1.90 bits per heavy atom. The molecule has 0 atom stereocenters. The van der Waals surface area contributed by atoms with Crippen LogP contribution >= 0.6 is 0 Å². The molecule has 0 spiro atoms. The van der Waals surface area contributed by atoms with Gasteiger partial charge in [-0.25, -0.2) is 0 Å². The van der Waals surface area contributed by atoms with E-state index in [0.717, 1.165) is 17.8 Å². The van der Waals surface area contributed by atoms with E-state index in [1.54, 1.807) is 23.3 Å². The Morgan fingerprint density at radius 3 is 2.80 bits per heavy atom. The van der Waals surface area contributed by atoms with Gasteiger partial charge in [0, 0.05) is 6.42 Å². The summed E-state index contributed by atoms with van der Waals surface area (Å²) >= 11 is 0. The Kier molecular flexibility index (Phi) is 5.00. The number of allylic oxidation sites excluding steroid dienone is 8. The van der Waals surface area contributed by atoms with Gasteiger partial charge in [0.15, 0.2) is 5.78 Å². The van der Waals surface area contributed by atoms with Gasteiger partial charge in [-0.15, -0.1) is 0 Å². The number of aryl methyl sites for hydroxylation is 2. The van der Waals surface area contributed by atoms with Gasteiger partial charge >= 0.3 is 0 Å². The van der Waals surface area contributed by atoms with Crippen molar-refractivity contribution in [3.63, 3.8) is 0 Å². The van der Waals surface area contributed by atoms with Gasteiger partial charge in [0.05, 0.1) is 12.2 Å². The molecule has 2 heteroatoms. The summed E-state index contributed by atoms with van der Waals surface area (Å²) in [7, 11) is 0. The minimum atomic E-state index is 0.0576. The van der Waals surface area contributed by atoms with Crippen molar-refractivity contribution >= 4 is 22.1 Å². The van der Waals surface area contributed by atoms with Crippen molar-refractivity contribution in [3.8, 4) is 0 Å². The van der Waals surface area contributed by atoms with E-state index in [2.05, 4.69) is 49.4 Å². The smallest absolute Gasteiger partial charge is 0.189 e. The first-order valence-electron chi connectivity index (χ1n) is 10.9. The molecule has 0 radical (unpaired) electrons. The van der Waals surface area contributed by atoms with Gasteiger partial charge in [0.1, 0.15) is 5.76 Å². The standard InChI is InChI=1S/C19H18.C9H8O2/c1-13-6-9-17-15(12-13)8-11-18-16-5-3-2-4-14(16)7-10-19(17)18;10-8-4-1-5-9-7(8)3-2-6-11-9/h3,5-6,8-9,11-12H,2,4,7,10H2,1H3;1,3-5H,2,6H2. The van der Waals surface area contributed by atoms with Gasteiger partial charge < -0.3 is 4.74 Å². The molecule has 0 aromatic heterocycles. The van der Waals surface area contributed by atoms with Crippen LogP contribution in [0, 0.1) is 6.92 Å². The molecule has 6 rings (SSSR count). The fourth-order valence-corrected chi connectivity index (χ4v) is 4.79. The van der Waals surface area contributed by atoms with Gasteiger partial charge in [-0.05, 0) is 72.2 Å². The topological polar surface area (TPSA) is 26.3 Å². The quantitative estimate of drug-likeness (QED) is 0.506. The number of rotatable bonds is 0. The van der Waals surface area contributed by atoms with Crippen molar-refractivity contribution in [1.29, 1.82) is 0 Å². The SMILES string of the molecule is Cc1ccc2c3c(ccc2c1)C1=C(CCC=C1)CC3.O=C1C=CC=C2OCCC=C12. The van der Waals surface area contributed by atoms with Crippen LogP contribution in [0.3, 0.4) is 0 Å². The average molecular weight is 395 g/mol. The highest BCUT2D eigenvalue weighted by Gasteiger charge is 2.20. The lowest BCUT2D eigenvalue weighted by Crippen LogP contribution is -2.12. The molecule has 0 N–H and O–H groups in total. The van der Waals surface area contributed by atoms with Crippen LogP contribution in [0.15, 0.2) is 83.7 Å². The Morgan fingerprint density at radius 1 is 0.967 bits per heavy atom. The lowest BCUT2D eigenvalue weighted by Gasteiger charge is -2.25. The van der Waals surface area contributed by atoms with E-state index in [4.69, 9.17) is 4.74 Å². The molecule has 4 aliphatic rings. The number of ether oxygens (including phenoxy) is 1. The zero-order valence-corrected chi connectivity index (χ0v) is 17.4. The van der Waals surface area contributed by atoms with Crippen molar-refractivity contribution in [3.05, 3.63) is 100 Å². The van der Waals surface area contributed by atoms with Crippen molar-refractivity contribution in [2.24, 2.45) is 0 Å². The summed E-state index contributed by atoms with van der Waals surface area (Å²) < 4.78 is 5.27. The first-order chi connectivity index (χ1) is 14.7. The van der Waals surface area contributed by atoms with Crippen LogP contribution in [0.25, 0.3) is 16.3 Å². The molecular formula is C28H26O2. The van der Waals surface area contributed by atoms with E-state index >= 15 is 0 Å². The summed E-state index contributed by atoms with van der Waals surface area (Å²) in [6, 6.07) is 11.5. The second-order valence-electron chi connectivity index (χ2n) is 8.28. The molecule has 0 unspecified atom stereocenters. The molecule has 0 saturated carbocycles. The third-order valence-electron chi connectivity index (χ3n) is 6.28. The summed E-state index contributed by atoms with van der Waals surface area (Å²) in [5.74, 6) is 0.783. The molecule has 0 amide bonds. The zero-order valence-electron chi connectivity index (χ0n) is 17.4. The summed E-state index contributed by atoms with van der Waals surface area (Å²) in [6.45, 7) is 2.86. The summed E-state index contributed by atoms with van der Waals surface area (Å²) in [4.78, 5) is 11.2. The molecular weight excluding hydrogens is 368 g/mol. The van der Waals surface area contributed by atoms with Gasteiger partial charge in [0.2, 0.25) is 0 Å². The summed E-state index contributed by atoms with van der Waals surface area (Å²) in [6.07, 6.45) is 17.5.